The third-order valence-electron chi connectivity index (χ3n) is 4.53. The Morgan fingerprint density at radius 3 is 2.54 bits per heavy atom. The lowest BCUT2D eigenvalue weighted by Crippen LogP contribution is -2.51. The summed E-state index contributed by atoms with van der Waals surface area (Å²) in [5.41, 5.74) is 1.69. The molecule has 1 unspecified atom stereocenters. The molecule has 2 aromatic heterocycles. The maximum absolute atomic E-state index is 12.9. The lowest BCUT2D eigenvalue weighted by molar-refractivity contribution is -0.138. The number of nitrogens with zero attached hydrogens (tertiary/aromatic N) is 3. The standard InChI is InChI=1S/C17H24N4O3/c1-9(2)17(5,8-13(22)23)19-16(24)12-7-10(3)18-15-14(12)11(4)20-21(15)6/h7,9H,8H2,1-6H3,(H,19,24)(H,22,23). The Balaban J connectivity index is 2.50. The van der Waals surface area contributed by atoms with E-state index in [0.717, 1.165) is 5.69 Å². The number of amides is 1. The molecule has 1 atom stereocenters. The van der Waals surface area contributed by atoms with E-state index in [9.17, 15) is 14.7 Å². The van der Waals surface area contributed by atoms with Crippen molar-refractivity contribution in [1.29, 1.82) is 0 Å². The number of aryl methyl sites for hydroxylation is 3. The minimum atomic E-state index is -0.944. The highest BCUT2D eigenvalue weighted by Crippen LogP contribution is 2.25. The Morgan fingerprint density at radius 2 is 2.00 bits per heavy atom. The van der Waals surface area contributed by atoms with Gasteiger partial charge in [-0.2, -0.15) is 5.10 Å². The van der Waals surface area contributed by atoms with Crippen LogP contribution in [0.1, 0.15) is 48.9 Å². The fraction of sp³-hybridized carbons (Fsp3) is 0.529. The van der Waals surface area contributed by atoms with E-state index in [1.54, 1.807) is 24.7 Å². The monoisotopic (exact) mass is 332 g/mol. The van der Waals surface area contributed by atoms with E-state index < -0.39 is 11.5 Å². The van der Waals surface area contributed by atoms with Gasteiger partial charge in [0.15, 0.2) is 5.65 Å². The number of nitrogens with one attached hydrogen (secondary N) is 1. The van der Waals surface area contributed by atoms with Crippen molar-refractivity contribution in [3.8, 4) is 0 Å². The van der Waals surface area contributed by atoms with E-state index in [4.69, 9.17) is 0 Å². The summed E-state index contributed by atoms with van der Waals surface area (Å²) in [6, 6.07) is 1.72. The molecule has 0 spiro atoms. The van der Waals surface area contributed by atoms with E-state index >= 15 is 0 Å². The van der Waals surface area contributed by atoms with Gasteiger partial charge in [0, 0.05) is 12.7 Å². The topological polar surface area (TPSA) is 97.1 Å². The minimum absolute atomic E-state index is 0.0361. The third kappa shape index (κ3) is 3.25. The molecule has 7 heteroatoms. The first-order valence-corrected chi connectivity index (χ1v) is 7.90. The van der Waals surface area contributed by atoms with Gasteiger partial charge in [-0.3, -0.25) is 14.3 Å². The van der Waals surface area contributed by atoms with Gasteiger partial charge in [-0.25, -0.2) is 4.98 Å². The highest BCUT2D eigenvalue weighted by molar-refractivity contribution is 6.07. The van der Waals surface area contributed by atoms with Crippen molar-refractivity contribution in [2.24, 2.45) is 13.0 Å². The average Bonchev–Trinajstić information content (AvgIpc) is 2.71. The van der Waals surface area contributed by atoms with Crippen molar-refractivity contribution in [2.75, 3.05) is 0 Å². The van der Waals surface area contributed by atoms with Gasteiger partial charge in [-0.05, 0) is 32.8 Å². The number of fused-ring (bicyclic) bond motifs is 1. The summed E-state index contributed by atoms with van der Waals surface area (Å²) in [4.78, 5) is 28.5. The van der Waals surface area contributed by atoms with E-state index in [2.05, 4.69) is 15.4 Å². The Labute approximate surface area is 141 Å². The van der Waals surface area contributed by atoms with Crippen LogP contribution in [0, 0.1) is 19.8 Å². The number of aromatic nitrogens is 3. The van der Waals surface area contributed by atoms with E-state index in [1.807, 2.05) is 27.7 Å². The number of carbonyl (C=O) groups excluding carboxylic acids is 1. The van der Waals surface area contributed by atoms with Crippen molar-refractivity contribution in [3.63, 3.8) is 0 Å². The van der Waals surface area contributed by atoms with Gasteiger partial charge in [0.1, 0.15) is 0 Å². The molecule has 130 valence electrons. The summed E-state index contributed by atoms with van der Waals surface area (Å²) in [5, 5.41) is 17.1. The summed E-state index contributed by atoms with van der Waals surface area (Å²) in [6.45, 7) is 9.19. The number of hydrogen-bond donors (Lipinski definition) is 2. The van der Waals surface area contributed by atoms with Gasteiger partial charge in [0.05, 0.1) is 28.6 Å². The summed E-state index contributed by atoms with van der Waals surface area (Å²) in [5.74, 6) is -1.29. The van der Waals surface area contributed by atoms with Gasteiger partial charge in [0.25, 0.3) is 5.91 Å². The fourth-order valence-electron chi connectivity index (χ4n) is 2.78. The van der Waals surface area contributed by atoms with Gasteiger partial charge in [-0.15, -0.1) is 0 Å². The summed E-state index contributed by atoms with van der Waals surface area (Å²) >= 11 is 0. The molecule has 0 fully saturated rings. The van der Waals surface area contributed by atoms with Crippen molar-refractivity contribution in [2.45, 2.75) is 46.6 Å². The van der Waals surface area contributed by atoms with Crippen LogP contribution in [0.2, 0.25) is 0 Å². The van der Waals surface area contributed by atoms with Crippen LogP contribution in [0.4, 0.5) is 0 Å². The number of pyridine rings is 1. The second kappa shape index (κ2) is 6.22. The largest absolute Gasteiger partial charge is 0.481 e. The number of carboxylic acid groups (broad SMARTS) is 1. The molecule has 0 aliphatic carbocycles. The van der Waals surface area contributed by atoms with Crippen molar-refractivity contribution < 1.29 is 14.7 Å². The highest BCUT2D eigenvalue weighted by Gasteiger charge is 2.34. The lowest BCUT2D eigenvalue weighted by Gasteiger charge is -2.33. The molecule has 0 aromatic carbocycles. The Morgan fingerprint density at radius 1 is 1.38 bits per heavy atom. The normalized spacial score (nSPS) is 14.0. The zero-order valence-electron chi connectivity index (χ0n) is 15.0. The quantitative estimate of drug-likeness (QED) is 0.875. The summed E-state index contributed by atoms with van der Waals surface area (Å²) in [7, 11) is 1.78. The molecule has 1 amide bonds. The van der Waals surface area contributed by atoms with E-state index in [-0.39, 0.29) is 18.2 Å². The number of carbonyl (C=O) groups is 2. The van der Waals surface area contributed by atoms with Gasteiger partial charge < -0.3 is 10.4 Å². The van der Waals surface area contributed by atoms with Crippen LogP contribution >= 0.6 is 0 Å². The molecule has 24 heavy (non-hydrogen) atoms. The molecule has 2 rings (SSSR count). The number of aliphatic carboxylic acids is 1. The first-order chi connectivity index (χ1) is 11.0. The van der Waals surface area contributed by atoms with Crippen LogP contribution in [0.5, 0.6) is 0 Å². The molecule has 0 aliphatic rings. The van der Waals surface area contributed by atoms with Crippen molar-refractivity contribution in [1.82, 2.24) is 20.1 Å². The Bertz CT molecular complexity index is 810. The average molecular weight is 332 g/mol. The SMILES string of the molecule is Cc1cc(C(=O)NC(C)(CC(=O)O)C(C)C)c2c(C)nn(C)c2n1. The first-order valence-electron chi connectivity index (χ1n) is 7.90. The highest BCUT2D eigenvalue weighted by atomic mass is 16.4. The zero-order chi connectivity index (χ0) is 18.2. The second-order valence-electron chi connectivity index (χ2n) is 6.82. The Kier molecular flexibility index (Phi) is 4.64. The van der Waals surface area contributed by atoms with Crippen LogP contribution in [0.15, 0.2) is 6.07 Å². The molecule has 0 saturated carbocycles. The van der Waals surface area contributed by atoms with E-state index in [0.29, 0.717) is 22.3 Å². The molecule has 0 aliphatic heterocycles. The van der Waals surface area contributed by atoms with Gasteiger partial charge in [-0.1, -0.05) is 13.8 Å². The number of hydrogen-bond acceptors (Lipinski definition) is 4. The van der Waals surface area contributed by atoms with Crippen molar-refractivity contribution in [3.05, 3.63) is 23.0 Å². The van der Waals surface area contributed by atoms with Crippen LogP contribution in [-0.2, 0) is 11.8 Å². The molecule has 0 saturated heterocycles. The predicted molar refractivity (Wildman–Crippen MR) is 90.9 cm³/mol. The van der Waals surface area contributed by atoms with Crippen LogP contribution in [0.25, 0.3) is 11.0 Å². The summed E-state index contributed by atoms with van der Waals surface area (Å²) in [6.07, 6.45) is -0.143. The minimum Gasteiger partial charge on any atom is -0.481 e. The molecule has 2 aromatic rings. The van der Waals surface area contributed by atoms with Gasteiger partial charge >= 0.3 is 5.97 Å². The zero-order valence-corrected chi connectivity index (χ0v) is 15.0. The molecule has 2 N–H and O–H groups in total. The molecule has 2 heterocycles. The molecule has 0 bridgehead atoms. The first kappa shape index (κ1) is 17.9. The molecular formula is C17H24N4O3. The molecule has 7 nitrogen and oxygen atoms in total. The molecule has 0 radical (unpaired) electrons. The predicted octanol–water partition coefficient (Wildman–Crippen LogP) is 2.20. The third-order valence-corrected chi connectivity index (χ3v) is 4.53. The Hall–Kier alpha value is -2.44. The van der Waals surface area contributed by atoms with Gasteiger partial charge in [0.2, 0.25) is 0 Å². The maximum atomic E-state index is 12.9. The van der Waals surface area contributed by atoms with Crippen LogP contribution < -0.4 is 5.32 Å². The van der Waals surface area contributed by atoms with Crippen LogP contribution in [-0.4, -0.2) is 37.3 Å². The number of carboxylic acids is 1. The lowest BCUT2D eigenvalue weighted by atomic mass is 9.85. The molecular weight excluding hydrogens is 308 g/mol. The second-order valence-corrected chi connectivity index (χ2v) is 6.82. The maximum Gasteiger partial charge on any atom is 0.305 e. The van der Waals surface area contributed by atoms with Crippen LogP contribution in [0.3, 0.4) is 0 Å². The fourth-order valence-corrected chi connectivity index (χ4v) is 2.78. The smallest absolute Gasteiger partial charge is 0.305 e. The number of rotatable bonds is 5. The summed E-state index contributed by atoms with van der Waals surface area (Å²) < 4.78 is 1.65. The van der Waals surface area contributed by atoms with E-state index in [1.165, 1.54) is 0 Å². The van der Waals surface area contributed by atoms with Crippen molar-refractivity contribution >= 4 is 22.9 Å².